The average Bonchev–Trinajstić information content (AvgIpc) is 2.69. The topological polar surface area (TPSA) is 52.6 Å². The fourth-order valence-corrected chi connectivity index (χ4v) is 2.74. The second kappa shape index (κ2) is 8.12. The van der Waals surface area contributed by atoms with E-state index in [2.05, 4.69) is 0 Å². The Morgan fingerprint density at radius 2 is 1.35 bits per heavy atom. The number of ether oxygens (including phenoxy) is 2. The lowest BCUT2D eigenvalue weighted by molar-refractivity contribution is -0.135. The molecule has 3 rings (SSSR count). The number of carbonyl (C=O) groups excluding carboxylic acids is 2. The summed E-state index contributed by atoms with van der Waals surface area (Å²) in [4.78, 5) is 24.6. The van der Waals surface area contributed by atoms with E-state index in [9.17, 15) is 9.59 Å². The number of rotatable bonds is 5. The monoisotopic (exact) mass is 346 g/mol. The van der Waals surface area contributed by atoms with Gasteiger partial charge in [-0.2, -0.15) is 0 Å². The van der Waals surface area contributed by atoms with Gasteiger partial charge in [-0.15, -0.1) is 0 Å². The Labute approximate surface area is 152 Å². The quantitative estimate of drug-likeness (QED) is 0.513. The summed E-state index contributed by atoms with van der Waals surface area (Å²) in [5.74, 6) is -1.15. The Hall–Kier alpha value is -3.40. The van der Waals surface area contributed by atoms with Gasteiger partial charge in [0.1, 0.15) is 11.7 Å². The van der Waals surface area contributed by atoms with Crippen LogP contribution in [0, 0.1) is 0 Å². The number of benzene rings is 3. The van der Waals surface area contributed by atoms with Crippen LogP contribution in [0.4, 0.5) is 0 Å². The van der Waals surface area contributed by atoms with Gasteiger partial charge in [-0.3, -0.25) is 4.79 Å². The van der Waals surface area contributed by atoms with Gasteiger partial charge < -0.3 is 9.47 Å². The number of hydrogen-bond acceptors (Lipinski definition) is 4. The molecule has 130 valence electrons. The Kier molecular flexibility index (Phi) is 5.44. The third kappa shape index (κ3) is 3.98. The molecule has 0 spiro atoms. The first-order chi connectivity index (χ1) is 12.7. The summed E-state index contributed by atoms with van der Waals surface area (Å²) in [5, 5.41) is 0. The van der Waals surface area contributed by atoms with Gasteiger partial charge in [0.25, 0.3) is 0 Å². The predicted molar refractivity (Wildman–Crippen MR) is 98.1 cm³/mol. The fraction of sp³-hybridized carbons (Fsp3) is 0.0909. The third-order valence-electron chi connectivity index (χ3n) is 3.98. The van der Waals surface area contributed by atoms with E-state index in [1.807, 2.05) is 60.7 Å². The highest BCUT2D eigenvalue weighted by Gasteiger charge is 2.25. The van der Waals surface area contributed by atoms with Crippen LogP contribution >= 0.6 is 0 Å². The molecule has 4 nitrogen and oxygen atoms in total. The van der Waals surface area contributed by atoms with Crippen molar-refractivity contribution in [3.05, 3.63) is 102 Å². The number of esters is 2. The molecule has 0 fully saturated rings. The molecule has 0 aliphatic carbocycles. The summed E-state index contributed by atoms with van der Waals surface area (Å²) in [6.07, 6.45) is 0. The van der Waals surface area contributed by atoms with Gasteiger partial charge in [0, 0.05) is 0 Å². The van der Waals surface area contributed by atoms with Crippen LogP contribution in [0.25, 0.3) is 0 Å². The van der Waals surface area contributed by atoms with Crippen molar-refractivity contribution in [2.24, 2.45) is 0 Å². The highest BCUT2D eigenvalue weighted by Crippen LogP contribution is 2.27. The molecule has 0 atom stereocenters. The Balaban J connectivity index is 1.91. The zero-order chi connectivity index (χ0) is 18.4. The van der Waals surface area contributed by atoms with Gasteiger partial charge in [-0.1, -0.05) is 66.7 Å². The van der Waals surface area contributed by atoms with Crippen molar-refractivity contribution < 1.29 is 19.1 Å². The molecule has 0 heterocycles. The van der Waals surface area contributed by atoms with E-state index in [-0.39, 0.29) is 0 Å². The summed E-state index contributed by atoms with van der Waals surface area (Å²) in [5.41, 5.74) is 2.01. The molecule has 0 radical (unpaired) electrons. The molecule has 4 heteroatoms. The molecule has 0 saturated carbocycles. The summed E-state index contributed by atoms with van der Waals surface area (Å²) in [7, 11) is 1.31. The molecule has 0 amide bonds. The first-order valence-electron chi connectivity index (χ1n) is 8.19. The molecule has 3 aromatic carbocycles. The first kappa shape index (κ1) is 17.4. The van der Waals surface area contributed by atoms with Crippen molar-refractivity contribution in [3.63, 3.8) is 0 Å². The maximum atomic E-state index is 12.9. The van der Waals surface area contributed by atoms with Crippen molar-refractivity contribution >= 4 is 11.9 Å². The summed E-state index contributed by atoms with van der Waals surface area (Å²) in [6.45, 7) is 0. The summed E-state index contributed by atoms with van der Waals surface area (Å²) in [6, 6.07) is 25.3. The number of carbonyl (C=O) groups is 2. The molecule has 26 heavy (non-hydrogen) atoms. The van der Waals surface area contributed by atoms with Gasteiger partial charge >= 0.3 is 11.9 Å². The minimum atomic E-state index is -0.556. The second-order valence-electron chi connectivity index (χ2n) is 5.69. The van der Waals surface area contributed by atoms with Gasteiger partial charge in [-0.05, 0) is 29.3 Å². The van der Waals surface area contributed by atoms with E-state index in [0.717, 1.165) is 11.1 Å². The third-order valence-corrected chi connectivity index (χ3v) is 3.98. The maximum absolute atomic E-state index is 12.9. The van der Waals surface area contributed by atoms with Gasteiger partial charge in [0.15, 0.2) is 0 Å². The van der Waals surface area contributed by atoms with Crippen LogP contribution in [0.5, 0.6) is 5.75 Å². The molecule has 0 unspecified atom stereocenters. The normalized spacial score (nSPS) is 10.4. The molecule has 0 bridgehead atoms. The summed E-state index contributed by atoms with van der Waals surface area (Å²) < 4.78 is 10.3. The van der Waals surface area contributed by atoms with Crippen LogP contribution in [0.1, 0.15) is 27.4 Å². The molecule has 0 aliphatic heterocycles. The predicted octanol–water partition coefficient (Wildman–Crippen LogP) is 4.21. The van der Waals surface area contributed by atoms with Crippen molar-refractivity contribution in [1.82, 2.24) is 0 Å². The van der Waals surface area contributed by atoms with E-state index in [0.29, 0.717) is 11.3 Å². The van der Waals surface area contributed by atoms with E-state index in [1.54, 1.807) is 18.2 Å². The van der Waals surface area contributed by atoms with Crippen molar-refractivity contribution in [2.75, 3.05) is 7.11 Å². The highest BCUT2D eigenvalue weighted by molar-refractivity contribution is 5.90. The zero-order valence-corrected chi connectivity index (χ0v) is 14.3. The van der Waals surface area contributed by atoms with Crippen LogP contribution < -0.4 is 4.74 Å². The Morgan fingerprint density at radius 3 is 1.88 bits per heavy atom. The Bertz CT molecular complexity index is 849. The largest absolute Gasteiger partial charge is 0.465 e. The lowest BCUT2D eigenvalue weighted by Crippen LogP contribution is -2.20. The van der Waals surface area contributed by atoms with E-state index in [1.165, 1.54) is 13.2 Å². The van der Waals surface area contributed by atoms with Crippen LogP contribution in [-0.4, -0.2) is 19.0 Å². The minimum absolute atomic E-state index is 0.301. The number of methoxy groups -OCH3 is 1. The molecular formula is C22H18O4. The maximum Gasteiger partial charge on any atom is 0.337 e. The Morgan fingerprint density at radius 1 is 0.769 bits per heavy atom. The van der Waals surface area contributed by atoms with E-state index < -0.39 is 17.9 Å². The molecule has 0 aliphatic rings. The van der Waals surface area contributed by atoms with Crippen LogP contribution in [0.2, 0.25) is 0 Å². The molecule has 0 aromatic heterocycles. The SMILES string of the molecule is COC(=O)c1cccc(OC(=O)C(c2ccccc2)c2ccccc2)c1. The minimum Gasteiger partial charge on any atom is -0.465 e. The van der Waals surface area contributed by atoms with Gasteiger partial charge in [0.05, 0.1) is 12.7 Å². The lowest BCUT2D eigenvalue weighted by atomic mass is 9.91. The smallest absolute Gasteiger partial charge is 0.337 e. The highest BCUT2D eigenvalue weighted by atomic mass is 16.5. The van der Waals surface area contributed by atoms with Gasteiger partial charge in [0.2, 0.25) is 0 Å². The van der Waals surface area contributed by atoms with Crippen molar-refractivity contribution in [3.8, 4) is 5.75 Å². The summed E-state index contributed by atoms with van der Waals surface area (Å²) >= 11 is 0. The van der Waals surface area contributed by atoms with Crippen molar-refractivity contribution in [2.45, 2.75) is 5.92 Å². The van der Waals surface area contributed by atoms with Crippen molar-refractivity contribution in [1.29, 1.82) is 0 Å². The van der Waals surface area contributed by atoms with E-state index >= 15 is 0 Å². The lowest BCUT2D eigenvalue weighted by Gasteiger charge is -2.17. The molecule has 0 saturated heterocycles. The second-order valence-corrected chi connectivity index (χ2v) is 5.69. The average molecular weight is 346 g/mol. The molecule has 0 N–H and O–H groups in total. The standard InChI is InChI=1S/C22H18O4/c1-25-21(23)18-13-8-14-19(15-18)26-22(24)20(16-9-4-2-5-10-16)17-11-6-3-7-12-17/h2-15,20H,1H3. The number of hydrogen-bond donors (Lipinski definition) is 0. The van der Waals surface area contributed by atoms with Gasteiger partial charge in [-0.25, -0.2) is 4.79 Å². The molecular weight excluding hydrogens is 328 g/mol. The fourth-order valence-electron chi connectivity index (χ4n) is 2.74. The molecule has 3 aromatic rings. The van der Waals surface area contributed by atoms with Crippen LogP contribution in [0.3, 0.4) is 0 Å². The van der Waals surface area contributed by atoms with E-state index in [4.69, 9.17) is 9.47 Å². The van der Waals surface area contributed by atoms with Crippen LogP contribution in [0.15, 0.2) is 84.9 Å². The zero-order valence-electron chi connectivity index (χ0n) is 14.3. The van der Waals surface area contributed by atoms with Crippen LogP contribution in [-0.2, 0) is 9.53 Å². The first-order valence-corrected chi connectivity index (χ1v) is 8.19.